The first-order valence-corrected chi connectivity index (χ1v) is 8.65. The number of hydrogen-bond donors (Lipinski definition) is 2. The van der Waals surface area contributed by atoms with Gasteiger partial charge in [0, 0.05) is 24.4 Å². The van der Waals surface area contributed by atoms with Gasteiger partial charge < -0.3 is 5.32 Å². The average molecular weight is 315 g/mol. The number of likely N-dealkylation sites (tertiary alicyclic amines) is 1. The molecule has 6 heteroatoms. The van der Waals surface area contributed by atoms with Crippen LogP contribution in [0.2, 0.25) is 0 Å². The summed E-state index contributed by atoms with van der Waals surface area (Å²) in [5.74, 6) is 0.400. The summed E-state index contributed by atoms with van der Waals surface area (Å²) < 4.78 is 0. The second-order valence-electron chi connectivity index (χ2n) is 6.89. The minimum atomic E-state index is -0.631. The Balaban J connectivity index is 1.54. The molecule has 0 bridgehead atoms. The molecule has 23 heavy (non-hydrogen) atoms. The van der Waals surface area contributed by atoms with E-state index >= 15 is 0 Å². The van der Waals surface area contributed by atoms with E-state index in [2.05, 4.69) is 26.5 Å². The third-order valence-electron chi connectivity index (χ3n) is 5.13. The van der Waals surface area contributed by atoms with E-state index in [1.807, 2.05) is 6.07 Å². The molecular weight excluding hydrogens is 290 g/mol. The van der Waals surface area contributed by atoms with E-state index in [9.17, 15) is 10.1 Å². The van der Waals surface area contributed by atoms with Crippen molar-refractivity contribution in [2.75, 3.05) is 19.6 Å². The van der Waals surface area contributed by atoms with Gasteiger partial charge in [-0.15, -0.1) is 0 Å². The van der Waals surface area contributed by atoms with Gasteiger partial charge in [-0.1, -0.05) is 19.3 Å². The molecule has 1 aromatic heterocycles. The van der Waals surface area contributed by atoms with Gasteiger partial charge in [0.1, 0.15) is 5.54 Å². The van der Waals surface area contributed by atoms with Crippen LogP contribution in [0.25, 0.3) is 0 Å². The van der Waals surface area contributed by atoms with Crippen LogP contribution in [0.4, 0.5) is 0 Å². The topological polar surface area (TPSA) is 84.8 Å². The van der Waals surface area contributed by atoms with Gasteiger partial charge in [0.15, 0.2) is 0 Å². The van der Waals surface area contributed by atoms with Gasteiger partial charge in [0.25, 0.3) is 0 Å². The van der Waals surface area contributed by atoms with E-state index in [-0.39, 0.29) is 5.91 Å². The molecule has 0 spiro atoms. The SMILES string of the molecule is N#CC1(NC(=O)CN2CCCC(c3ccn[nH]3)C2)CCCCC1. The molecule has 0 aromatic carbocycles. The van der Waals surface area contributed by atoms with E-state index in [1.165, 1.54) is 0 Å². The van der Waals surface area contributed by atoms with Gasteiger partial charge in [0.05, 0.1) is 12.6 Å². The minimum absolute atomic E-state index is 0.0151. The number of nitrogens with zero attached hydrogens (tertiary/aromatic N) is 3. The van der Waals surface area contributed by atoms with E-state index in [4.69, 9.17) is 0 Å². The fourth-order valence-corrected chi connectivity index (χ4v) is 3.88. The van der Waals surface area contributed by atoms with E-state index in [1.54, 1.807) is 6.20 Å². The van der Waals surface area contributed by atoms with Gasteiger partial charge in [-0.2, -0.15) is 10.4 Å². The normalized spacial score (nSPS) is 24.7. The molecule has 1 saturated carbocycles. The first-order valence-electron chi connectivity index (χ1n) is 8.65. The Hall–Kier alpha value is -1.87. The summed E-state index contributed by atoms with van der Waals surface area (Å²) >= 11 is 0. The number of nitrogens with one attached hydrogen (secondary N) is 2. The first kappa shape index (κ1) is 16.0. The number of aromatic nitrogens is 2. The van der Waals surface area contributed by atoms with Crippen molar-refractivity contribution in [1.29, 1.82) is 5.26 Å². The molecule has 2 heterocycles. The zero-order valence-electron chi connectivity index (χ0n) is 13.6. The molecule has 2 N–H and O–H groups in total. The number of carbonyl (C=O) groups excluding carboxylic acids is 1. The quantitative estimate of drug-likeness (QED) is 0.889. The number of aromatic amines is 1. The van der Waals surface area contributed by atoms with Crippen molar-refractivity contribution in [3.63, 3.8) is 0 Å². The maximum absolute atomic E-state index is 12.4. The summed E-state index contributed by atoms with van der Waals surface area (Å²) in [7, 11) is 0. The Morgan fingerprint density at radius 3 is 2.96 bits per heavy atom. The number of amides is 1. The fraction of sp³-hybridized carbons (Fsp3) is 0.706. The Kier molecular flexibility index (Phi) is 4.97. The third kappa shape index (κ3) is 3.91. The van der Waals surface area contributed by atoms with Crippen LogP contribution in [0.15, 0.2) is 12.3 Å². The first-order chi connectivity index (χ1) is 11.2. The molecule has 3 rings (SSSR count). The van der Waals surface area contributed by atoms with Gasteiger partial charge in [0.2, 0.25) is 5.91 Å². The maximum Gasteiger partial charge on any atom is 0.235 e. The molecule has 2 aliphatic rings. The molecule has 1 saturated heterocycles. The number of carbonyl (C=O) groups is 1. The molecule has 6 nitrogen and oxygen atoms in total. The third-order valence-corrected chi connectivity index (χ3v) is 5.13. The molecule has 1 aromatic rings. The van der Waals surface area contributed by atoms with Crippen LogP contribution in [0.5, 0.6) is 0 Å². The van der Waals surface area contributed by atoms with Gasteiger partial charge >= 0.3 is 0 Å². The van der Waals surface area contributed by atoms with Crippen LogP contribution in [0, 0.1) is 11.3 Å². The average Bonchev–Trinajstić information content (AvgIpc) is 3.10. The van der Waals surface area contributed by atoms with Crippen LogP contribution < -0.4 is 5.32 Å². The molecule has 2 fully saturated rings. The van der Waals surface area contributed by atoms with Crippen molar-refractivity contribution >= 4 is 5.91 Å². The van der Waals surface area contributed by atoms with Crippen molar-refractivity contribution < 1.29 is 4.79 Å². The summed E-state index contributed by atoms with van der Waals surface area (Å²) in [4.78, 5) is 14.6. The lowest BCUT2D eigenvalue weighted by Crippen LogP contribution is -2.52. The molecule has 1 amide bonds. The predicted molar refractivity (Wildman–Crippen MR) is 86.6 cm³/mol. The van der Waals surface area contributed by atoms with Gasteiger partial charge in [-0.3, -0.25) is 14.8 Å². The van der Waals surface area contributed by atoms with Crippen LogP contribution in [0.1, 0.15) is 56.6 Å². The molecule has 1 aliphatic heterocycles. The lowest BCUT2D eigenvalue weighted by molar-refractivity contribution is -0.124. The highest BCUT2D eigenvalue weighted by atomic mass is 16.2. The predicted octanol–water partition coefficient (Wildman–Crippen LogP) is 1.93. The summed E-state index contributed by atoms with van der Waals surface area (Å²) in [5, 5.41) is 19.6. The second kappa shape index (κ2) is 7.14. The lowest BCUT2D eigenvalue weighted by atomic mass is 9.83. The Morgan fingerprint density at radius 2 is 2.26 bits per heavy atom. The van der Waals surface area contributed by atoms with Crippen LogP contribution >= 0.6 is 0 Å². The summed E-state index contributed by atoms with van der Waals surface area (Å²) in [6.07, 6.45) is 8.78. The minimum Gasteiger partial charge on any atom is -0.337 e. The fourth-order valence-electron chi connectivity index (χ4n) is 3.88. The molecule has 1 aliphatic carbocycles. The maximum atomic E-state index is 12.4. The molecule has 1 atom stereocenters. The Bertz CT molecular complexity index is 556. The van der Waals surface area contributed by atoms with E-state index in [0.717, 1.165) is 63.7 Å². The highest BCUT2D eigenvalue weighted by Gasteiger charge is 2.34. The van der Waals surface area contributed by atoms with Crippen molar-refractivity contribution in [2.45, 2.75) is 56.4 Å². The van der Waals surface area contributed by atoms with Crippen LogP contribution in [-0.2, 0) is 4.79 Å². The highest BCUT2D eigenvalue weighted by Crippen LogP contribution is 2.28. The Morgan fingerprint density at radius 1 is 1.43 bits per heavy atom. The monoisotopic (exact) mass is 315 g/mol. The van der Waals surface area contributed by atoms with Crippen molar-refractivity contribution in [1.82, 2.24) is 20.4 Å². The molecule has 124 valence electrons. The van der Waals surface area contributed by atoms with Crippen LogP contribution in [-0.4, -0.2) is 46.2 Å². The number of H-pyrrole nitrogens is 1. The lowest BCUT2D eigenvalue weighted by Gasteiger charge is -2.34. The van der Waals surface area contributed by atoms with Crippen LogP contribution in [0.3, 0.4) is 0 Å². The number of rotatable bonds is 4. The zero-order chi connectivity index (χ0) is 16.1. The smallest absolute Gasteiger partial charge is 0.235 e. The highest BCUT2D eigenvalue weighted by molar-refractivity contribution is 5.79. The standard InChI is InChI=1S/C17H25N5O/c18-13-17(7-2-1-3-8-17)20-16(23)12-22-10-4-5-14(11-22)15-6-9-19-21-15/h6,9,14H,1-5,7-8,10-12H2,(H,19,21)(H,20,23). The number of hydrogen-bond acceptors (Lipinski definition) is 4. The number of nitriles is 1. The zero-order valence-corrected chi connectivity index (χ0v) is 13.6. The van der Waals surface area contributed by atoms with Crippen molar-refractivity contribution in [3.8, 4) is 6.07 Å². The summed E-state index contributed by atoms with van der Waals surface area (Å²) in [5.41, 5.74) is 0.518. The molecule has 0 radical (unpaired) electrons. The van der Waals surface area contributed by atoms with Gasteiger partial charge in [-0.05, 0) is 38.3 Å². The number of piperidine rings is 1. The molecule has 1 unspecified atom stereocenters. The second-order valence-corrected chi connectivity index (χ2v) is 6.89. The van der Waals surface area contributed by atoms with E-state index in [0.29, 0.717) is 12.5 Å². The van der Waals surface area contributed by atoms with Crippen molar-refractivity contribution in [2.24, 2.45) is 0 Å². The molecular formula is C17H25N5O. The Labute approximate surface area is 137 Å². The summed E-state index contributed by atoms with van der Waals surface area (Å²) in [6, 6.07) is 4.37. The summed E-state index contributed by atoms with van der Waals surface area (Å²) in [6.45, 7) is 2.20. The van der Waals surface area contributed by atoms with E-state index < -0.39 is 5.54 Å². The largest absolute Gasteiger partial charge is 0.337 e. The van der Waals surface area contributed by atoms with Gasteiger partial charge in [-0.25, -0.2) is 0 Å². The van der Waals surface area contributed by atoms with Crippen molar-refractivity contribution in [3.05, 3.63) is 18.0 Å².